The van der Waals surface area contributed by atoms with Gasteiger partial charge in [0.25, 0.3) is 0 Å². The zero-order valence-electron chi connectivity index (χ0n) is 13.2. The van der Waals surface area contributed by atoms with Crippen LogP contribution in [0.5, 0.6) is 0 Å². The third-order valence-corrected chi connectivity index (χ3v) is 4.05. The summed E-state index contributed by atoms with van der Waals surface area (Å²) in [4.78, 5) is 15.4. The second-order valence-corrected chi connectivity index (χ2v) is 6.19. The van der Waals surface area contributed by atoms with Crippen LogP contribution in [0.1, 0.15) is 31.1 Å². The van der Waals surface area contributed by atoms with Gasteiger partial charge in [0, 0.05) is 37.8 Å². The maximum Gasteiger partial charge on any atom is 0.169 e. The van der Waals surface area contributed by atoms with Gasteiger partial charge in [-0.1, -0.05) is 0 Å². The Bertz CT molecular complexity index is 569. The smallest absolute Gasteiger partial charge is 0.169 e. The van der Waals surface area contributed by atoms with Crippen LogP contribution in [0.2, 0.25) is 0 Å². The monoisotopic (exact) mass is 323 g/mol. The predicted octanol–water partition coefficient (Wildman–Crippen LogP) is 2.43. The van der Waals surface area contributed by atoms with E-state index in [1.165, 1.54) is 13.0 Å². The Hall–Kier alpha value is -1.69. The SMILES string of the molecule is CC(=O)c1ccc(N2CCN(C(=S)NC(C)C)CC2)c(F)c1. The summed E-state index contributed by atoms with van der Waals surface area (Å²) in [7, 11) is 0. The molecule has 0 radical (unpaired) electrons. The van der Waals surface area contributed by atoms with Gasteiger partial charge in [-0.3, -0.25) is 4.79 Å². The average molecular weight is 323 g/mol. The van der Waals surface area contributed by atoms with Crippen molar-refractivity contribution in [3.8, 4) is 0 Å². The topological polar surface area (TPSA) is 35.6 Å². The predicted molar refractivity (Wildman–Crippen MR) is 91.1 cm³/mol. The fourth-order valence-electron chi connectivity index (χ4n) is 2.47. The highest BCUT2D eigenvalue weighted by Crippen LogP contribution is 2.22. The van der Waals surface area contributed by atoms with E-state index in [1.807, 2.05) is 4.90 Å². The highest BCUT2D eigenvalue weighted by molar-refractivity contribution is 7.80. The molecule has 0 bridgehead atoms. The molecule has 1 saturated heterocycles. The number of carbonyl (C=O) groups excluding carboxylic acids is 1. The molecule has 1 aliphatic rings. The van der Waals surface area contributed by atoms with E-state index in [1.54, 1.807) is 12.1 Å². The Labute approximate surface area is 136 Å². The molecule has 120 valence electrons. The highest BCUT2D eigenvalue weighted by Gasteiger charge is 2.21. The van der Waals surface area contributed by atoms with Gasteiger partial charge in [0.1, 0.15) is 5.82 Å². The minimum atomic E-state index is -0.343. The number of piperazine rings is 1. The van der Waals surface area contributed by atoms with Crippen LogP contribution in [-0.4, -0.2) is 48.0 Å². The lowest BCUT2D eigenvalue weighted by Crippen LogP contribution is -2.53. The molecular weight excluding hydrogens is 301 g/mol. The van der Waals surface area contributed by atoms with Crippen LogP contribution < -0.4 is 10.2 Å². The Morgan fingerprint density at radius 1 is 1.27 bits per heavy atom. The number of benzene rings is 1. The molecule has 0 spiro atoms. The van der Waals surface area contributed by atoms with Crippen molar-refractivity contribution in [2.75, 3.05) is 31.1 Å². The fourth-order valence-corrected chi connectivity index (χ4v) is 2.89. The van der Waals surface area contributed by atoms with Crippen LogP contribution >= 0.6 is 12.2 Å². The van der Waals surface area contributed by atoms with Crippen molar-refractivity contribution in [3.05, 3.63) is 29.6 Å². The molecule has 1 fully saturated rings. The van der Waals surface area contributed by atoms with Gasteiger partial charge in [0.2, 0.25) is 0 Å². The molecule has 2 rings (SSSR count). The average Bonchev–Trinajstić information content (AvgIpc) is 2.46. The largest absolute Gasteiger partial charge is 0.366 e. The molecule has 1 N–H and O–H groups in total. The maximum atomic E-state index is 14.2. The van der Waals surface area contributed by atoms with E-state index in [9.17, 15) is 9.18 Å². The third-order valence-electron chi connectivity index (χ3n) is 3.67. The van der Waals surface area contributed by atoms with Gasteiger partial charge in [-0.25, -0.2) is 4.39 Å². The number of anilines is 1. The minimum absolute atomic E-state index is 0.125. The third kappa shape index (κ3) is 3.94. The first-order chi connectivity index (χ1) is 10.4. The van der Waals surface area contributed by atoms with Gasteiger partial charge in [-0.15, -0.1) is 0 Å². The van der Waals surface area contributed by atoms with E-state index in [0.717, 1.165) is 18.2 Å². The molecule has 6 heteroatoms. The molecule has 1 heterocycles. The van der Waals surface area contributed by atoms with E-state index in [2.05, 4.69) is 24.1 Å². The molecule has 1 aromatic carbocycles. The van der Waals surface area contributed by atoms with Crippen molar-refractivity contribution < 1.29 is 9.18 Å². The van der Waals surface area contributed by atoms with Gasteiger partial charge in [-0.2, -0.15) is 0 Å². The molecule has 4 nitrogen and oxygen atoms in total. The highest BCUT2D eigenvalue weighted by atomic mass is 32.1. The van der Waals surface area contributed by atoms with Crippen LogP contribution in [0.4, 0.5) is 10.1 Å². The lowest BCUT2D eigenvalue weighted by Gasteiger charge is -2.38. The minimum Gasteiger partial charge on any atom is -0.366 e. The summed E-state index contributed by atoms with van der Waals surface area (Å²) in [5.41, 5.74) is 0.953. The Kier molecular flexibility index (Phi) is 5.34. The number of rotatable bonds is 3. The van der Waals surface area contributed by atoms with Crippen molar-refractivity contribution in [3.63, 3.8) is 0 Å². The zero-order valence-corrected chi connectivity index (χ0v) is 14.0. The molecule has 1 aromatic rings. The second kappa shape index (κ2) is 7.05. The molecule has 1 aliphatic heterocycles. The van der Waals surface area contributed by atoms with Crippen molar-refractivity contribution in [1.29, 1.82) is 0 Å². The van der Waals surface area contributed by atoms with Crippen LogP contribution in [-0.2, 0) is 0 Å². The van der Waals surface area contributed by atoms with E-state index >= 15 is 0 Å². The van der Waals surface area contributed by atoms with Crippen LogP contribution in [0.3, 0.4) is 0 Å². The number of nitrogens with zero attached hydrogens (tertiary/aromatic N) is 2. The normalized spacial score (nSPS) is 15.1. The number of carbonyl (C=O) groups is 1. The van der Waals surface area contributed by atoms with Gasteiger partial charge in [0.05, 0.1) is 5.69 Å². The summed E-state index contributed by atoms with van der Waals surface area (Å²) < 4.78 is 14.2. The van der Waals surface area contributed by atoms with Crippen molar-refractivity contribution in [2.24, 2.45) is 0 Å². The van der Waals surface area contributed by atoms with Gasteiger partial charge >= 0.3 is 0 Å². The first kappa shape index (κ1) is 16.7. The molecule has 0 amide bonds. The molecule has 0 atom stereocenters. The summed E-state index contributed by atoms with van der Waals surface area (Å²) in [5.74, 6) is -0.468. The standard InChI is InChI=1S/C16H22FN3OS/c1-11(2)18-16(22)20-8-6-19(7-9-20)15-5-4-13(12(3)21)10-14(15)17/h4-5,10-11H,6-9H2,1-3H3,(H,18,22). The van der Waals surface area contributed by atoms with Crippen molar-refractivity contribution >= 4 is 28.8 Å². The zero-order chi connectivity index (χ0) is 16.3. The number of ketones is 1. The van der Waals surface area contributed by atoms with Crippen LogP contribution in [0.25, 0.3) is 0 Å². The van der Waals surface area contributed by atoms with Crippen molar-refractivity contribution in [1.82, 2.24) is 10.2 Å². The lowest BCUT2D eigenvalue weighted by molar-refractivity contribution is 0.101. The molecule has 0 aromatic heterocycles. The van der Waals surface area contributed by atoms with E-state index in [0.29, 0.717) is 30.4 Å². The van der Waals surface area contributed by atoms with E-state index < -0.39 is 0 Å². The summed E-state index contributed by atoms with van der Waals surface area (Å²) in [6.07, 6.45) is 0. The first-order valence-electron chi connectivity index (χ1n) is 7.49. The van der Waals surface area contributed by atoms with Crippen LogP contribution in [0, 0.1) is 5.82 Å². The van der Waals surface area contributed by atoms with E-state index in [-0.39, 0.29) is 11.6 Å². The number of thiocarbonyl (C=S) groups is 1. The van der Waals surface area contributed by atoms with Gasteiger partial charge < -0.3 is 15.1 Å². The number of Topliss-reactive ketones (excluding diaryl/α,β-unsaturated/α-hetero) is 1. The number of nitrogens with one attached hydrogen (secondary N) is 1. The summed E-state index contributed by atoms with van der Waals surface area (Å²) in [6, 6.07) is 4.99. The fraction of sp³-hybridized carbons (Fsp3) is 0.500. The second-order valence-electron chi connectivity index (χ2n) is 5.80. The molecule has 0 saturated carbocycles. The van der Waals surface area contributed by atoms with Crippen molar-refractivity contribution in [2.45, 2.75) is 26.8 Å². The van der Waals surface area contributed by atoms with E-state index in [4.69, 9.17) is 12.2 Å². The van der Waals surface area contributed by atoms with Gasteiger partial charge in [0.15, 0.2) is 10.9 Å². The molecule has 22 heavy (non-hydrogen) atoms. The summed E-state index contributed by atoms with van der Waals surface area (Å²) in [6.45, 7) is 8.46. The molecule has 0 unspecified atom stereocenters. The number of hydrogen-bond acceptors (Lipinski definition) is 3. The maximum absolute atomic E-state index is 14.2. The Morgan fingerprint density at radius 3 is 2.41 bits per heavy atom. The Balaban J connectivity index is 2.00. The summed E-state index contributed by atoms with van der Waals surface area (Å²) >= 11 is 5.36. The lowest BCUT2D eigenvalue weighted by atomic mass is 10.1. The molecule has 0 aliphatic carbocycles. The Morgan fingerprint density at radius 2 is 1.91 bits per heavy atom. The number of hydrogen-bond donors (Lipinski definition) is 1. The molecular formula is C16H22FN3OS. The summed E-state index contributed by atoms with van der Waals surface area (Å²) in [5, 5.41) is 3.98. The first-order valence-corrected chi connectivity index (χ1v) is 7.90. The number of halogens is 1. The van der Waals surface area contributed by atoms with Crippen LogP contribution in [0.15, 0.2) is 18.2 Å². The quantitative estimate of drug-likeness (QED) is 0.683. The van der Waals surface area contributed by atoms with Gasteiger partial charge in [-0.05, 0) is 51.2 Å².